The van der Waals surface area contributed by atoms with Gasteiger partial charge in [-0.05, 0) is 25.7 Å². The van der Waals surface area contributed by atoms with Gasteiger partial charge >= 0.3 is 24.4 Å². The van der Waals surface area contributed by atoms with Crippen LogP contribution in [0.25, 0.3) is 0 Å². The van der Waals surface area contributed by atoms with E-state index in [-0.39, 0.29) is 26.4 Å². The van der Waals surface area contributed by atoms with Gasteiger partial charge in [0.05, 0.1) is 0 Å². The average molecular weight is 701 g/mol. The number of hydrogen-bond acceptors (Lipinski definition) is 8. The van der Waals surface area contributed by atoms with Crippen LogP contribution in [-0.2, 0) is 18.9 Å². The second-order valence-corrected chi connectivity index (χ2v) is 13.2. The highest BCUT2D eigenvalue weighted by molar-refractivity contribution is 5.69. The summed E-state index contributed by atoms with van der Waals surface area (Å²) in [5, 5.41) is 11.0. The van der Waals surface area contributed by atoms with Crippen molar-refractivity contribution in [3.05, 3.63) is 0 Å². The molecule has 0 spiro atoms. The van der Waals surface area contributed by atoms with Gasteiger partial charge in [-0.15, -0.1) is 0 Å². The molecular weight excluding hydrogens is 628 g/mol. The predicted octanol–water partition coefficient (Wildman–Crippen LogP) is 8.76. The van der Waals surface area contributed by atoms with Gasteiger partial charge in [0.2, 0.25) is 0 Å². The van der Waals surface area contributed by atoms with Gasteiger partial charge in [0.1, 0.15) is 31.8 Å². The lowest BCUT2D eigenvalue weighted by Gasteiger charge is -2.31. The molecule has 0 unspecified atom stereocenters. The van der Waals surface area contributed by atoms with Crippen molar-refractivity contribution >= 4 is 24.4 Å². The van der Waals surface area contributed by atoms with Gasteiger partial charge in [0.15, 0.2) is 0 Å². The summed E-state index contributed by atoms with van der Waals surface area (Å²) in [7, 11) is 0. The van der Waals surface area contributed by atoms with Crippen LogP contribution in [0, 0.1) is 5.41 Å². The molecule has 0 saturated heterocycles. The minimum absolute atomic E-state index is 0.312. The van der Waals surface area contributed by atoms with Crippen LogP contribution >= 0.6 is 0 Å². The number of rotatable bonds is 32. The smallest absolute Gasteiger partial charge is 0.407 e. The van der Waals surface area contributed by atoms with E-state index in [1.807, 2.05) is 0 Å². The summed E-state index contributed by atoms with van der Waals surface area (Å²) in [5.41, 5.74) is -1.34. The van der Waals surface area contributed by atoms with Crippen molar-refractivity contribution in [1.29, 1.82) is 0 Å². The van der Waals surface area contributed by atoms with E-state index < -0.39 is 29.8 Å². The minimum Gasteiger partial charge on any atom is -0.449 e. The van der Waals surface area contributed by atoms with Gasteiger partial charge in [-0.3, -0.25) is 0 Å². The fraction of sp³-hybridized carbons (Fsp3) is 0.892. The third-order valence-electron chi connectivity index (χ3n) is 8.24. The number of alkyl carbamates (subject to hydrolysis) is 4. The molecule has 4 amide bonds. The van der Waals surface area contributed by atoms with Crippen LogP contribution in [0.15, 0.2) is 0 Å². The highest BCUT2D eigenvalue weighted by atomic mass is 16.6. The standard InChI is InChI=1S/C37H72N4O8/c1-5-9-13-17-21-25-38-33(42)46-29-37(30-47-34(43)39-26-22-18-14-10-6-2,31-48-35(44)40-27-23-19-15-11-7-3)32-49-36(45)41-28-24-20-16-12-8-4/h5-32H2,1-4H3,(H,38,42)(H,39,43)(H,40,44)(H,41,45). The summed E-state index contributed by atoms with van der Waals surface area (Å²) in [6.45, 7) is 9.18. The van der Waals surface area contributed by atoms with Gasteiger partial charge in [0.25, 0.3) is 0 Å². The minimum atomic E-state index is -1.34. The quantitative estimate of drug-likeness (QED) is 0.0401. The Hall–Kier alpha value is -2.92. The van der Waals surface area contributed by atoms with E-state index in [0.717, 1.165) is 128 Å². The van der Waals surface area contributed by atoms with E-state index in [1.165, 1.54) is 0 Å². The summed E-state index contributed by atoms with van der Waals surface area (Å²) in [6, 6.07) is 0. The lowest BCUT2D eigenvalue weighted by Crippen LogP contribution is -2.47. The first kappa shape index (κ1) is 46.1. The van der Waals surface area contributed by atoms with Crippen molar-refractivity contribution < 1.29 is 38.1 Å². The number of unbranched alkanes of at least 4 members (excludes halogenated alkanes) is 16. The monoisotopic (exact) mass is 701 g/mol. The van der Waals surface area contributed by atoms with Gasteiger partial charge in [-0.1, -0.05) is 130 Å². The lowest BCUT2D eigenvalue weighted by atomic mass is 9.92. The number of nitrogens with one attached hydrogen (secondary N) is 4. The molecule has 0 rings (SSSR count). The molecular formula is C37H72N4O8. The van der Waals surface area contributed by atoms with Crippen molar-refractivity contribution in [2.75, 3.05) is 52.6 Å². The van der Waals surface area contributed by atoms with Gasteiger partial charge < -0.3 is 40.2 Å². The van der Waals surface area contributed by atoms with Crippen LogP contribution in [0.3, 0.4) is 0 Å². The largest absolute Gasteiger partial charge is 0.449 e. The molecule has 12 nitrogen and oxygen atoms in total. The topological polar surface area (TPSA) is 153 Å². The molecule has 0 bridgehead atoms. The number of amides is 4. The number of carbonyl (C=O) groups excluding carboxylic acids is 4. The van der Waals surface area contributed by atoms with Crippen LogP contribution in [-0.4, -0.2) is 77.0 Å². The Kier molecular flexibility index (Phi) is 31.6. The van der Waals surface area contributed by atoms with Crippen molar-refractivity contribution in [3.63, 3.8) is 0 Å². The SMILES string of the molecule is CCCCCCCNC(=O)OCC(COC(=O)NCCCCCCC)(COC(=O)NCCCCCCC)COC(=O)NCCCCCCC. The van der Waals surface area contributed by atoms with Crippen molar-refractivity contribution in [1.82, 2.24) is 21.3 Å². The first-order valence-corrected chi connectivity index (χ1v) is 19.4. The highest BCUT2D eigenvalue weighted by Gasteiger charge is 2.38. The van der Waals surface area contributed by atoms with Crippen LogP contribution in [0.2, 0.25) is 0 Å². The normalized spacial score (nSPS) is 11.0. The summed E-state index contributed by atoms with van der Waals surface area (Å²) in [6.07, 6.45) is 18.3. The Morgan fingerprint density at radius 3 is 0.755 bits per heavy atom. The van der Waals surface area contributed by atoms with Gasteiger partial charge in [-0.2, -0.15) is 0 Å². The zero-order valence-electron chi connectivity index (χ0n) is 31.6. The lowest BCUT2D eigenvalue weighted by molar-refractivity contribution is -0.0486. The maximum absolute atomic E-state index is 12.6. The molecule has 288 valence electrons. The van der Waals surface area contributed by atoms with E-state index in [1.54, 1.807) is 0 Å². The van der Waals surface area contributed by atoms with Crippen molar-refractivity contribution in [2.45, 2.75) is 156 Å². The molecule has 0 aromatic heterocycles. The zero-order chi connectivity index (χ0) is 36.3. The molecule has 4 N–H and O–H groups in total. The summed E-state index contributed by atoms with van der Waals surface area (Å²) in [5.74, 6) is 0. The number of hydrogen-bond donors (Lipinski definition) is 4. The Labute approximate surface area is 297 Å². The van der Waals surface area contributed by atoms with E-state index >= 15 is 0 Å². The molecule has 0 aliphatic rings. The van der Waals surface area contributed by atoms with Crippen molar-refractivity contribution in [3.8, 4) is 0 Å². The fourth-order valence-corrected chi connectivity index (χ4v) is 5.00. The predicted molar refractivity (Wildman–Crippen MR) is 195 cm³/mol. The molecule has 0 atom stereocenters. The maximum Gasteiger partial charge on any atom is 0.407 e. The van der Waals surface area contributed by atoms with Crippen molar-refractivity contribution in [2.24, 2.45) is 5.41 Å². The number of ether oxygens (including phenoxy) is 4. The van der Waals surface area contributed by atoms with Gasteiger partial charge in [0, 0.05) is 26.2 Å². The Balaban J connectivity index is 5.47. The van der Waals surface area contributed by atoms with Gasteiger partial charge in [-0.25, -0.2) is 19.2 Å². The molecule has 12 heteroatoms. The second-order valence-electron chi connectivity index (χ2n) is 13.2. The molecule has 0 aliphatic carbocycles. The summed E-state index contributed by atoms with van der Waals surface area (Å²) >= 11 is 0. The first-order valence-electron chi connectivity index (χ1n) is 19.4. The Morgan fingerprint density at radius 2 is 0.551 bits per heavy atom. The van der Waals surface area contributed by atoms with E-state index in [2.05, 4.69) is 49.0 Å². The highest BCUT2D eigenvalue weighted by Crippen LogP contribution is 2.22. The second kappa shape index (κ2) is 33.6. The molecule has 0 aromatic carbocycles. The maximum atomic E-state index is 12.6. The van der Waals surface area contributed by atoms with Crippen LogP contribution in [0.4, 0.5) is 19.2 Å². The zero-order valence-corrected chi connectivity index (χ0v) is 31.6. The summed E-state index contributed by atoms with van der Waals surface area (Å²) < 4.78 is 22.2. The molecule has 0 fully saturated rings. The molecule has 0 radical (unpaired) electrons. The Morgan fingerprint density at radius 1 is 0.347 bits per heavy atom. The van der Waals surface area contributed by atoms with E-state index in [4.69, 9.17) is 18.9 Å². The van der Waals surface area contributed by atoms with Crippen LogP contribution in [0.5, 0.6) is 0 Å². The molecule has 0 heterocycles. The third-order valence-corrected chi connectivity index (χ3v) is 8.24. The molecule has 0 aromatic rings. The van der Waals surface area contributed by atoms with E-state index in [0.29, 0.717) is 26.2 Å². The average Bonchev–Trinajstić information content (AvgIpc) is 3.10. The molecule has 0 aliphatic heterocycles. The summed E-state index contributed by atoms with van der Waals surface area (Å²) in [4.78, 5) is 50.6. The number of carbonyl (C=O) groups is 4. The molecule has 49 heavy (non-hydrogen) atoms. The first-order chi connectivity index (χ1) is 23.8. The third kappa shape index (κ3) is 29.7. The van der Waals surface area contributed by atoms with Crippen LogP contribution < -0.4 is 21.3 Å². The fourth-order valence-electron chi connectivity index (χ4n) is 5.00. The molecule has 0 saturated carbocycles. The van der Waals surface area contributed by atoms with Crippen LogP contribution in [0.1, 0.15) is 156 Å². The Bertz CT molecular complexity index is 697. The van der Waals surface area contributed by atoms with E-state index in [9.17, 15) is 19.2 Å².